The number of halogens is 1. The van der Waals surface area contributed by atoms with E-state index in [-0.39, 0.29) is 49.1 Å². The van der Waals surface area contributed by atoms with Crippen LogP contribution in [0, 0.1) is 5.82 Å². The predicted octanol–water partition coefficient (Wildman–Crippen LogP) is 3.77. The van der Waals surface area contributed by atoms with E-state index < -0.39 is 0 Å². The standard InChI is InChI=1S/C24H25FN2O5S/c1-30-13-11-26(24(29)21-3-2-12-31-21)15-23(28)27-10-8-22-19(9-14-33-22)20(27)16-32-18-6-4-17(25)5-7-18/h2-7,9,12,14,20H,8,10-11,13,15-16H2,1H3/t20-/m1/s1. The molecule has 0 spiro atoms. The lowest BCUT2D eigenvalue weighted by Gasteiger charge is -2.37. The zero-order chi connectivity index (χ0) is 23.2. The first-order valence-corrected chi connectivity index (χ1v) is 11.5. The first-order valence-electron chi connectivity index (χ1n) is 10.6. The Morgan fingerprint density at radius 2 is 2.06 bits per heavy atom. The Kier molecular flexibility index (Phi) is 7.41. The van der Waals surface area contributed by atoms with Crippen LogP contribution in [-0.4, -0.2) is 61.6 Å². The van der Waals surface area contributed by atoms with Crippen molar-refractivity contribution in [2.75, 3.05) is 40.0 Å². The lowest BCUT2D eigenvalue weighted by molar-refractivity contribution is -0.135. The summed E-state index contributed by atoms with van der Waals surface area (Å²) in [6.45, 7) is 1.21. The summed E-state index contributed by atoms with van der Waals surface area (Å²) in [6.07, 6.45) is 2.17. The van der Waals surface area contributed by atoms with Gasteiger partial charge in [0.25, 0.3) is 5.91 Å². The number of nitrogens with zero attached hydrogens (tertiary/aromatic N) is 2. The van der Waals surface area contributed by atoms with E-state index >= 15 is 0 Å². The van der Waals surface area contributed by atoms with Crippen LogP contribution in [0.3, 0.4) is 0 Å². The maximum Gasteiger partial charge on any atom is 0.290 e. The number of ether oxygens (including phenoxy) is 2. The second-order valence-corrected chi connectivity index (χ2v) is 8.61. The minimum absolute atomic E-state index is 0.102. The summed E-state index contributed by atoms with van der Waals surface area (Å²) in [4.78, 5) is 30.7. The molecule has 1 aromatic carbocycles. The van der Waals surface area contributed by atoms with Gasteiger partial charge >= 0.3 is 0 Å². The van der Waals surface area contributed by atoms with E-state index in [0.717, 1.165) is 12.0 Å². The monoisotopic (exact) mass is 472 g/mol. The average molecular weight is 473 g/mol. The quantitative estimate of drug-likeness (QED) is 0.474. The molecule has 2 aromatic heterocycles. The zero-order valence-electron chi connectivity index (χ0n) is 18.2. The molecule has 0 unspecified atom stereocenters. The highest BCUT2D eigenvalue weighted by Gasteiger charge is 2.34. The van der Waals surface area contributed by atoms with E-state index in [1.165, 1.54) is 28.2 Å². The summed E-state index contributed by atoms with van der Waals surface area (Å²) in [5.41, 5.74) is 1.04. The number of hydrogen-bond acceptors (Lipinski definition) is 6. The van der Waals surface area contributed by atoms with E-state index in [2.05, 4.69) is 0 Å². The molecule has 0 saturated heterocycles. The topological polar surface area (TPSA) is 72.2 Å². The summed E-state index contributed by atoms with van der Waals surface area (Å²) >= 11 is 1.66. The van der Waals surface area contributed by atoms with Gasteiger partial charge in [-0.1, -0.05) is 0 Å². The van der Waals surface area contributed by atoms with Crippen LogP contribution in [0.5, 0.6) is 5.75 Å². The Labute approximate surface area is 195 Å². The van der Waals surface area contributed by atoms with Crippen LogP contribution in [0.1, 0.15) is 27.0 Å². The van der Waals surface area contributed by atoms with Crippen molar-refractivity contribution in [2.24, 2.45) is 0 Å². The smallest absolute Gasteiger partial charge is 0.290 e. The minimum Gasteiger partial charge on any atom is -0.491 e. The number of hydrogen-bond donors (Lipinski definition) is 0. The molecule has 1 aliphatic rings. The third-order valence-electron chi connectivity index (χ3n) is 5.55. The van der Waals surface area contributed by atoms with Crippen molar-refractivity contribution in [2.45, 2.75) is 12.5 Å². The second-order valence-electron chi connectivity index (χ2n) is 7.61. The molecule has 7 nitrogen and oxygen atoms in total. The van der Waals surface area contributed by atoms with Crippen molar-refractivity contribution in [3.63, 3.8) is 0 Å². The van der Waals surface area contributed by atoms with Gasteiger partial charge in [-0.25, -0.2) is 4.39 Å². The Morgan fingerprint density at radius 3 is 2.79 bits per heavy atom. The number of benzene rings is 1. The van der Waals surface area contributed by atoms with Crippen LogP contribution < -0.4 is 4.74 Å². The lowest BCUT2D eigenvalue weighted by atomic mass is 10.0. The molecule has 9 heteroatoms. The molecule has 0 fully saturated rings. The fourth-order valence-corrected chi connectivity index (χ4v) is 4.77. The second kappa shape index (κ2) is 10.6. The van der Waals surface area contributed by atoms with Crippen molar-refractivity contribution in [3.8, 4) is 5.75 Å². The molecule has 0 radical (unpaired) electrons. The van der Waals surface area contributed by atoms with E-state index in [1.807, 2.05) is 11.4 Å². The lowest BCUT2D eigenvalue weighted by Crippen LogP contribution is -2.48. The minimum atomic E-state index is -0.363. The van der Waals surface area contributed by atoms with E-state index in [1.54, 1.807) is 47.6 Å². The summed E-state index contributed by atoms with van der Waals surface area (Å²) in [6, 6.07) is 10.7. The SMILES string of the molecule is COCCN(CC(=O)N1CCc2sccc2[C@H]1COc1ccc(F)cc1)C(=O)c1ccco1. The van der Waals surface area contributed by atoms with E-state index in [9.17, 15) is 14.0 Å². The van der Waals surface area contributed by atoms with Gasteiger partial charge in [0.15, 0.2) is 5.76 Å². The number of methoxy groups -OCH3 is 1. The molecule has 0 aliphatic carbocycles. The highest BCUT2D eigenvalue weighted by Crippen LogP contribution is 2.34. The molecule has 0 N–H and O–H groups in total. The number of fused-ring (bicyclic) bond motifs is 1. The van der Waals surface area contributed by atoms with Crippen molar-refractivity contribution >= 4 is 23.2 Å². The molecule has 33 heavy (non-hydrogen) atoms. The van der Waals surface area contributed by atoms with Crippen molar-refractivity contribution in [1.82, 2.24) is 9.80 Å². The molecule has 174 valence electrons. The summed E-state index contributed by atoms with van der Waals surface area (Å²) in [5.74, 6) is -0.183. The average Bonchev–Trinajstić information content (AvgIpc) is 3.53. The van der Waals surface area contributed by atoms with Gasteiger partial charge in [0.05, 0.1) is 18.9 Å². The first kappa shape index (κ1) is 23.0. The van der Waals surface area contributed by atoms with Gasteiger partial charge < -0.3 is 23.7 Å². The number of amides is 2. The fraction of sp³-hybridized carbons (Fsp3) is 0.333. The van der Waals surface area contributed by atoms with Gasteiger partial charge in [0.2, 0.25) is 5.91 Å². The highest BCUT2D eigenvalue weighted by atomic mass is 32.1. The first-order chi connectivity index (χ1) is 16.1. The summed E-state index contributed by atoms with van der Waals surface area (Å²) < 4.78 is 29.5. The molecule has 0 bridgehead atoms. The van der Waals surface area contributed by atoms with Crippen LogP contribution in [0.15, 0.2) is 58.5 Å². The normalized spacial score (nSPS) is 15.2. The molecule has 3 heterocycles. The molecule has 0 saturated carbocycles. The van der Waals surface area contributed by atoms with E-state index in [0.29, 0.717) is 18.9 Å². The van der Waals surface area contributed by atoms with Crippen LogP contribution in [-0.2, 0) is 16.0 Å². The third kappa shape index (κ3) is 5.43. The summed E-state index contributed by atoms with van der Waals surface area (Å²) in [7, 11) is 1.54. The van der Waals surface area contributed by atoms with E-state index in [4.69, 9.17) is 13.9 Å². The molecular formula is C24H25FN2O5S. The van der Waals surface area contributed by atoms with Crippen molar-refractivity contribution in [3.05, 3.63) is 76.1 Å². The van der Waals surface area contributed by atoms with Gasteiger partial charge in [-0.3, -0.25) is 9.59 Å². The van der Waals surface area contributed by atoms with Crippen molar-refractivity contribution in [1.29, 1.82) is 0 Å². The van der Waals surface area contributed by atoms with Crippen molar-refractivity contribution < 1.29 is 27.9 Å². The fourth-order valence-electron chi connectivity index (χ4n) is 3.84. The molecule has 1 aliphatic heterocycles. The van der Waals surface area contributed by atoms with Crippen LogP contribution in [0.25, 0.3) is 0 Å². The number of carbonyl (C=O) groups is 2. The maximum absolute atomic E-state index is 13.4. The number of thiophene rings is 1. The Balaban J connectivity index is 1.50. The van der Waals surface area contributed by atoms with Gasteiger partial charge in [0, 0.05) is 25.1 Å². The van der Waals surface area contributed by atoms with Crippen LogP contribution in [0.4, 0.5) is 4.39 Å². The predicted molar refractivity (Wildman–Crippen MR) is 121 cm³/mol. The zero-order valence-corrected chi connectivity index (χ0v) is 19.1. The van der Waals surface area contributed by atoms with Crippen LogP contribution >= 0.6 is 11.3 Å². The highest BCUT2D eigenvalue weighted by molar-refractivity contribution is 7.10. The third-order valence-corrected chi connectivity index (χ3v) is 6.54. The maximum atomic E-state index is 13.4. The Bertz CT molecular complexity index is 1070. The van der Waals surface area contributed by atoms with Gasteiger partial charge in [-0.05, 0) is 59.8 Å². The number of carbonyl (C=O) groups excluding carboxylic acids is 2. The Morgan fingerprint density at radius 1 is 1.24 bits per heavy atom. The Hall–Kier alpha value is -3.17. The largest absolute Gasteiger partial charge is 0.491 e. The van der Waals surface area contributed by atoms with Crippen LogP contribution in [0.2, 0.25) is 0 Å². The summed E-state index contributed by atoms with van der Waals surface area (Å²) in [5, 5.41) is 2.01. The molecule has 4 rings (SSSR count). The van der Waals surface area contributed by atoms with Gasteiger partial charge in [0.1, 0.15) is 24.7 Å². The molecule has 3 aromatic rings. The molecular weight excluding hydrogens is 447 g/mol. The van der Waals surface area contributed by atoms with Gasteiger partial charge in [-0.15, -0.1) is 11.3 Å². The molecule has 1 atom stereocenters. The molecule has 2 amide bonds. The van der Waals surface area contributed by atoms with Gasteiger partial charge in [-0.2, -0.15) is 0 Å². The number of rotatable bonds is 9. The number of furan rings is 1.